The van der Waals surface area contributed by atoms with Gasteiger partial charge >= 0.3 is 0 Å². The van der Waals surface area contributed by atoms with E-state index in [0.717, 1.165) is 5.54 Å². The van der Waals surface area contributed by atoms with Gasteiger partial charge in [-0.25, -0.2) is 0 Å². The standard InChI is InChI=1S/C13H26NPSi/c1-10-8-11-12(9-10)16(7)14(13(2,3)4)15(11,5)6/h9,12,16H,8H2,1-7H3. The first-order chi connectivity index (χ1) is 7.15. The van der Waals surface area contributed by atoms with Gasteiger partial charge in [-0.3, -0.25) is 0 Å². The summed E-state index contributed by atoms with van der Waals surface area (Å²) in [5.41, 5.74) is 2.87. The predicted octanol–water partition coefficient (Wildman–Crippen LogP) is 3.54. The van der Waals surface area contributed by atoms with Crippen molar-refractivity contribution in [3.8, 4) is 0 Å². The Hall–Kier alpha value is 0.217. The highest BCUT2D eigenvalue weighted by Crippen LogP contribution is 2.61. The second-order valence-corrected chi connectivity index (χ2v) is 13.8. The topological polar surface area (TPSA) is 3.24 Å². The Kier molecular flexibility index (Phi) is 2.85. The molecule has 1 aliphatic carbocycles. The average Bonchev–Trinajstić information content (AvgIpc) is 2.50. The molecule has 0 N–H and O–H groups in total. The highest BCUT2D eigenvalue weighted by atomic mass is 31.2. The number of hydrogen-bond donors (Lipinski definition) is 0. The molecule has 0 aromatic heterocycles. The molecule has 0 aromatic rings. The molecule has 0 bridgehead atoms. The van der Waals surface area contributed by atoms with E-state index >= 15 is 0 Å². The van der Waals surface area contributed by atoms with Crippen molar-refractivity contribution in [2.75, 3.05) is 13.3 Å². The quantitative estimate of drug-likeness (QED) is 0.363. The van der Waals surface area contributed by atoms with E-state index in [1.807, 2.05) is 5.29 Å². The van der Waals surface area contributed by atoms with Crippen molar-refractivity contribution < 1.29 is 0 Å². The molecule has 0 saturated carbocycles. The fourth-order valence-corrected chi connectivity index (χ4v) is 16.2. The fourth-order valence-electron chi connectivity index (χ4n) is 3.95. The van der Waals surface area contributed by atoms with Crippen LogP contribution in [0.5, 0.6) is 0 Å². The fraction of sp³-hybridized carbons (Fsp3) is 0.769. The van der Waals surface area contributed by atoms with E-state index in [1.54, 1.807) is 5.57 Å². The maximum Gasteiger partial charge on any atom is 0.124 e. The Morgan fingerprint density at radius 1 is 1.38 bits per heavy atom. The minimum atomic E-state index is -0.963. The van der Waals surface area contributed by atoms with Crippen LogP contribution in [0.25, 0.3) is 0 Å². The van der Waals surface area contributed by atoms with Crippen LogP contribution in [-0.2, 0) is 0 Å². The smallest absolute Gasteiger partial charge is 0.124 e. The largest absolute Gasteiger partial charge is 0.301 e. The van der Waals surface area contributed by atoms with Crippen LogP contribution in [-0.4, -0.2) is 37.5 Å². The predicted molar refractivity (Wildman–Crippen MR) is 80.5 cm³/mol. The van der Waals surface area contributed by atoms with Crippen LogP contribution in [0.3, 0.4) is 0 Å². The number of fused-ring (bicyclic) bond motifs is 1. The van der Waals surface area contributed by atoms with Gasteiger partial charge in [-0.2, -0.15) is 0 Å². The zero-order chi connectivity index (χ0) is 12.3. The van der Waals surface area contributed by atoms with Gasteiger partial charge in [0.05, 0.1) is 0 Å². The van der Waals surface area contributed by atoms with E-state index in [9.17, 15) is 0 Å². The summed E-state index contributed by atoms with van der Waals surface area (Å²) in [4.78, 5) is 0. The van der Waals surface area contributed by atoms with Crippen LogP contribution in [0.15, 0.2) is 11.6 Å². The summed E-state index contributed by atoms with van der Waals surface area (Å²) in [6.45, 7) is 17.2. The van der Waals surface area contributed by atoms with Gasteiger partial charge < -0.3 is 4.34 Å². The first-order valence-electron chi connectivity index (χ1n) is 6.33. The summed E-state index contributed by atoms with van der Waals surface area (Å²) in [5, 5.41) is 1.90. The summed E-state index contributed by atoms with van der Waals surface area (Å²) in [7, 11) is -1.76. The molecular formula is C13H26NPSi. The van der Waals surface area contributed by atoms with E-state index < -0.39 is 16.0 Å². The number of allylic oxidation sites excluding steroid dienone is 2. The monoisotopic (exact) mass is 255 g/mol. The van der Waals surface area contributed by atoms with Crippen LogP contribution in [0.4, 0.5) is 0 Å². The minimum absolute atomic E-state index is 0.363. The lowest BCUT2D eigenvalue weighted by atomic mass is 10.1. The third-order valence-corrected chi connectivity index (χ3v) is 14.0. The minimum Gasteiger partial charge on any atom is -0.301 e. The first-order valence-corrected chi connectivity index (χ1v) is 11.3. The van der Waals surface area contributed by atoms with Crippen molar-refractivity contribution in [2.45, 2.75) is 51.7 Å². The van der Waals surface area contributed by atoms with Gasteiger partial charge in [-0.1, -0.05) is 30.5 Å². The number of hydrogen-bond acceptors (Lipinski definition) is 1. The summed E-state index contributed by atoms with van der Waals surface area (Å²) in [6, 6.07) is 0. The molecular weight excluding hydrogens is 229 g/mol. The number of nitrogens with zero attached hydrogens (tertiary/aromatic N) is 1. The molecule has 1 aliphatic heterocycles. The van der Waals surface area contributed by atoms with Gasteiger partial charge in [-0.05, 0) is 47.4 Å². The molecule has 1 heterocycles. The van der Waals surface area contributed by atoms with E-state index in [-0.39, 0.29) is 0 Å². The lowest BCUT2D eigenvalue weighted by Crippen LogP contribution is -2.45. The molecule has 2 unspecified atom stereocenters. The zero-order valence-electron chi connectivity index (χ0n) is 11.8. The van der Waals surface area contributed by atoms with Crippen LogP contribution in [0.1, 0.15) is 34.1 Å². The van der Waals surface area contributed by atoms with E-state index in [1.165, 1.54) is 6.42 Å². The summed E-state index contributed by atoms with van der Waals surface area (Å²) in [5.74, 6) is 0. The number of rotatable bonds is 0. The summed E-state index contributed by atoms with van der Waals surface area (Å²) in [6.07, 6.45) is 3.88. The van der Waals surface area contributed by atoms with Crippen molar-refractivity contribution in [3.63, 3.8) is 0 Å². The van der Waals surface area contributed by atoms with Crippen molar-refractivity contribution in [1.29, 1.82) is 0 Å². The molecule has 2 rings (SSSR count). The first kappa shape index (κ1) is 12.7. The third-order valence-electron chi connectivity index (χ3n) is 4.14. The Labute approximate surface area is 103 Å². The van der Waals surface area contributed by atoms with Crippen molar-refractivity contribution in [2.24, 2.45) is 0 Å². The average molecular weight is 255 g/mol. The van der Waals surface area contributed by atoms with E-state index in [2.05, 4.69) is 58.0 Å². The molecule has 16 heavy (non-hydrogen) atoms. The maximum absolute atomic E-state index is 2.95. The molecule has 1 nitrogen and oxygen atoms in total. The molecule has 3 heteroatoms. The van der Waals surface area contributed by atoms with Gasteiger partial charge in [0.15, 0.2) is 0 Å². The lowest BCUT2D eigenvalue weighted by molar-refractivity contribution is 0.379. The van der Waals surface area contributed by atoms with Crippen LogP contribution < -0.4 is 0 Å². The van der Waals surface area contributed by atoms with Crippen LogP contribution in [0.2, 0.25) is 12.1 Å². The molecule has 0 spiro atoms. The van der Waals surface area contributed by atoms with Crippen LogP contribution >= 0.6 is 7.04 Å². The normalized spacial score (nSPS) is 34.2. The molecule has 0 aromatic carbocycles. The molecule has 0 saturated heterocycles. The Morgan fingerprint density at radius 2 is 1.94 bits per heavy atom. The Morgan fingerprint density at radius 3 is 2.38 bits per heavy atom. The molecule has 0 radical (unpaired) electrons. The molecule has 0 fully saturated rings. The zero-order valence-corrected chi connectivity index (χ0v) is 13.9. The summed E-state index contributed by atoms with van der Waals surface area (Å²) < 4.78 is 2.95. The SMILES string of the molecule is CC1=CC2C(=P(C)(C)N(C(C)(C)C)[SiH]2C)C1. The van der Waals surface area contributed by atoms with Gasteiger partial charge in [0.1, 0.15) is 8.96 Å². The second-order valence-electron chi connectivity index (χ2n) is 6.86. The maximum atomic E-state index is 2.95. The second kappa shape index (κ2) is 3.60. The van der Waals surface area contributed by atoms with Gasteiger partial charge in [0, 0.05) is 11.1 Å². The highest BCUT2D eigenvalue weighted by Gasteiger charge is 2.46. The molecule has 92 valence electrons. The lowest BCUT2D eigenvalue weighted by Gasteiger charge is -2.43. The van der Waals surface area contributed by atoms with E-state index in [4.69, 9.17) is 0 Å². The van der Waals surface area contributed by atoms with Crippen molar-refractivity contribution in [3.05, 3.63) is 11.6 Å². The van der Waals surface area contributed by atoms with Crippen LogP contribution in [0, 0.1) is 0 Å². The highest BCUT2D eigenvalue weighted by molar-refractivity contribution is 7.75. The van der Waals surface area contributed by atoms with E-state index in [0.29, 0.717) is 5.54 Å². The Balaban J connectivity index is 2.50. The summed E-state index contributed by atoms with van der Waals surface area (Å²) >= 11 is 0. The molecule has 0 amide bonds. The third kappa shape index (κ3) is 1.70. The Bertz CT molecular complexity index is 397. The van der Waals surface area contributed by atoms with Crippen molar-refractivity contribution >= 4 is 21.3 Å². The van der Waals surface area contributed by atoms with Crippen molar-refractivity contribution in [1.82, 2.24) is 4.34 Å². The molecule has 2 atom stereocenters. The van der Waals surface area contributed by atoms with Gasteiger partial charge in [0.2, 0.25) is 0 Å². The molecule has 2 aliphatic rings. The van der Waals surface area contributed by atoms with Gasteiger partial charge in [0.25, 0.3) is 0 Å². The van der Waals surface area contributed by atoms with Gasteiger partial charge in [-0.15, -0.1) is 0 Å².